The van der Waals surface area contributed by atoms with Crippen molar-refractivity contribution in [3.05, 3.63) is 50.4 Å². The Bertz CT molecular complexity index is 487. The average molecular weight is 288 g/mol. The summed E-state index contributed by atoms with van der Waals surface area (Å²) in [6.45, 7) is 0. The van der Waals surface area contributed by atoms with Crippen LogP contribution in [0.1, 0.15) is 23.1 Å². The minimum Gasteiger partial charge on any atom is -0.387 e. The molecule has 1 unspecified atom stereocenters. The van der Waals surface area contributed by atoms with E-state index in [4.69, 9.17) is 23.2 Å². The smallest absolute Gasteiger partial charge is 0.0978 e. The van der Waals surface area contributed by atoms with Gasteiger partial charge < -0.3 is 5.11 Å². The lowest BCUT2D eigenvalue weighted by molar-refractivity contribution is 0.163. The number of rotatable bonds is 4. The lowest BCUT2D eigenvalue weighted by Gasteiger charge is -2.11. The van der Waals surface area contributed by atoms with E-state index < -0.39 is 6.10 Å². The first-order chi connectivity index (χ1) is 8.16. The molecule has 0 bridgehead atoms. The fourth-order valence-electron chi connectivity index (χ4n) is 1.54. The fraction of sp³-hybridized carbons (Fsp3) is 0.250. The van der Waals surface area contributed by atoms with Gasteiger partial charge in [-0.15, -0.1) is 11.3 Å². The van der Waals surface area contributed by atoms with Crippen LogP contribution in [0.25, 0.3) is 0 Å². The number of aliphatic hydroxyl groups is 1. The summed E-state index contributed by atoms with van der Waals surface area (Å²) in [7, 11) is 0. The van der Waals surface area contributed by atoms with Gasteiger partial charge in [0.1, 0.15) is 0 Å². The number of aryl methyl sites for hydroxylation is 1. The third-order valence-corrected chi connectivity index (χ3v) is 3.84. The van der Waals surface area contributed by atoms with Crippen LogP contribution in [-0.4, -0.2) is 10.1 Å². The van der Waals surface area contributed by atoms with E-state index in [1.807, 2.05) is 17.5 Å². The maximum absolute atomic E-state index is 10.0. The Morgan fingerprint density at radius 2 is 2.24 bits per heavy atom. The van der Waals surface area contributed by atoms with Crippen molar-refractivity contribution in [2.24, 2.45) is 0 Å². The van der Waals surface area contributed by atoms with Crippen LogP contribution < -0.4 is 0 Å². The number of aromatic nitrogens is 1. The standard InChI is InChI=1S/C12H11Cl2NOS/c13-8-6-10(14)12(15-7-8)11(16)4-3-9-2-1-5-17-9/h1-2,5-7,11,16H,3-4H2. The van der Waals surface area contributed by atoms with Crippen molar-refractivity contribution in [2.45, 2.75) is 18.9 Å². The zero-order valence-corrected chi connectivity index (χ0v) is 11.3. The van der Waals surface area contributed by atoms with Crippen molar-refractivity contribution >= 4 is 34.5 Å². The molecule has 0 radical (unpaired) electrons. The van der Waals surface area contributed by atoms with Gasteiger partial charge in [0, 0.05) is 11.1 Å². The second-order valence-electron chi connectivity index (χ2n) is 3.65. The fourth-order valence-corrected chi connectivity index (χ4v) is 2.77. The number of thiophene rings is 1. The van der Waals surface area contributed by atoms with E-state index in [0.717, 1.165) is 6.42 Å². The van der Waals surface area contributed by atoms with Gasteiger partial charge in [-0.3, -0.25) is 4.98 Å². The molecule has 2 aromatic heterocycles. The van der Waals surface area contributed by atoms with Crippen molar-refractivity contribution < 1.29 is 5.11 Å². The summed E-state index contributed by atoms with van der Waals surface area (Å²) in [6, 6.07) is 5.65. The Kier molecular flexibility index (Phi) is 4.40. The van der Waals surface area contributed by atoms with Gasteiger partial charge >= 0.3 is 0 Å². The number of pyridine rings is 1. The SMILES string of the molecule is OC(CCc1cccs1)c1ncc(Cl)cc1Cl. The van der Waals surface area contributed by atoms with Crippen molar-refractivity contribution in [3.8, 4) is 0 Å². The summed E-state index contributed by atoms with van der Waals surface area (Å²) in [5.74, 6) is 0. The topological polar surface area (TPSA) is 33.1 Å². The quantitative estimate of drug-likeness (QED) is 0.918. The van der Waals surface area contributed by atoms with Gasteiger partial charge in [0.2, 0.25) is 0 Å². The molecule has 0 aliphatic carbocycles. The minimum atomic E-state index is -0.651. The Morgan fingerprint density at radius 1 is 1.41 bits per heavy atom. The molecule has 0 aliphatic rings. The van der Waals surface area contributed by atoms with E-state index in [-0.39, 0.29) is 0 Å². The molecule has 2 heterocycles. The third kappa shape index (κ3) is 3.42. The van der Waals surface area contributed by atoms with Crippen LogP contribution in [0, 0.1) is 0 Å². The zero-order chi connectivity index (χ0) is 12.3. The maximum Gasteiger partial charge on any atom is 0.0978 e. The molecule has 0 amide bonds. The van der Waals surface area contributed by atoms with Crippen LogP contribution in [0.4, 0.5) is 0 Å². The van der Waals surface area contributed by atoms with Gasteiger partial charge in [-0.25, -0.2) is 0 Å². The van der Waals surface area contributed by atoms with Crippen LogP contribution in [0.3, 0.4) is 0 Å². The largest absolute Gasteiger partial charge is 0.387 e. The number of hydrogen-bond acceptors (Lipinski definition) is 3. The van der Waals surface area contributed by atoms with E-state index in [1.165, 1.54) is 11.1 Å². The van der Waals surface area contributed by atoms with Crippen LogP contribution in [0.15, 0.2) is 29.8 Å². The minimum absolute atomic E-state index is 0.413. The molecule has 17 heavy (non-hydrogen) atoms. The van der Waals surface area contributed by atoms with Gasteiger partial charge in [-0.2, -0.15) is 0 Å². The van der Waals surface area contributed by atoms with E-state index in [9.17, 15) is 5.11 Å². The van der Waals surface area contributed by atoms with E-state index in [0.29, 0.717) is 22.2 Å². The number of nitrogens with zero attached hydrogens (tertiary/aromatic N) is 1. The summed E-state index contributed by atoms with van der Waals surface area (Å²) in [5, 5.41) is 12.9. The molecular weight excluding hydrogens is 277 g/mol. The first-order valence-corrected chi connectivity index (χ1v) is 6.82. The van der Waals surface area contributed by atoms with Crippen LogP contribution in [0.2, 0.25) is 10.0 Å². The van der Waals surface area contributed by atoms with Crippen molar-refractivity contribution in [1.29, 1.82) is 0 Å². The zero-order valence-electron chi connectivity index (χ0n) is 8.94. The molecule has 0 saturated carbocycles. The van der Waals surface area contributed by atoms with Crippen molar-refractivity contribution in [1.82, 2.24) is 4.98 Å². The van der Waals surface area contributed by atoms with Gasteiger partial charge in [0.15, 0.2) is 0 Å². The van der Waals surface area contributed by atoms with Gasteiger partial charge in [0.25, 0.3) is 0 Å². The van der Waals surface area contributed by atoms with E-state index >= 15 is 0 Å². The Morgan fingerprint density at radius 3 is 2.88 bits per heavy atom. The Balaban J connectivity index is 2.01. The van der Waals surface area contributed by atoms with Crippen molar-refractivity contribution in [2.75, 3.05) is 0 Å². The first-order valence-electron chi connectivity index (χ1n) is 5.18. The summed E-state index contributed by atoms with van der Waals surface area (Å²) in [5.41, 5.74) is 0.493. The van der Waals surface area contributed by atoms with Crippen molar-refractivity contribution in [3.63, 3.8) is 0 Å². The molecule has 2 rings (SSSR count). The highest BCUT2D eigenvalue weighted by molar-refractivity contribution is 7.09. The summed E-state index contributed by atoms with van der Waals surface area (Å²) >= 11 is 13.4. The predicted molar refractivity (Wildman–Crippen MR) is 71.9 cm³/mol. The number of hydrogen-bond donors (Lipinski definition) is 1. The molecule has 2 nitrogen and oxygen atoms in total. The van der Waals surface area contributed by atoms with E-state index in [1.54, 1.807) is 17.4 Å². The predicted octanol–water partition coefficient (Wildman–Crippen LogP) is 4.12. The highest BCUT2D eigenvalue weighted by Gasteiger charge is 2.13. The van der Waals surface area contributed by atoms with Gasteiger partial charge in [-0.1, -0.05) is 29.3 Å². The van der Waals surface area contributed by atoms with Crippen LogP contribution in [-0.2, 0) is 6.42 Å². The van der Waals surface area contributed by atoms with Crippen LogP contribution in [0.5, 0.6) is 0 Å². The lowest BCUT2D eigenvalue weighted by Crippen LogP contribution is -2.02. The maximum atomic E-state index is 10.0. The number of aliphatic hydroxyl groups excluding tert-OH is 1. The molecular formula is C12H11Cl2NOS. The highest BCUT2D eigenvalue weighted by Crippen LogP contribution is 2.27. The monoisotopic (exact) mass is 287 g/mol. The molecule has 1 N–H and O–H groups in total. The summed E-state index contributed by atoms with van der Waals surface area (Å²) < 4.78 is 0. The lowest BCUT2D eigenvalue weighted by atomic mass is 10.1. The second-order valence-corrected chi connectivity index (χ2v) is 5.53. The molecule has 0 aromatic carbocycles. The van der Waals surface area contributed by atoms with Gasteiger partial charge in [-0.05, 0) is 30.4 Å². The second kappa shape index (κ2) is 5.83. The molecule has 0 fully saturated rings. The molecule has 2 aromatic rings. The molecule has 5 heteroatoms. The molecule has 0 spiro atoms. The normalized spacial score (nSPS) is 12.6. The molecule has 0 aliphatic heterocycles. The van der Waals surface area contributed by atoms with Gasteiger partial charge in [0.05, 0.1) is 21.8 Å². The summed E-state index contributed by atoms with van der Waals surface area (Å²) in [6.07, 6.45) is 2.27. The first kappa shape index (κ1) is 12.8. The molecule has 0 saturated heterocycles. The highest BCUT2D eigenvalue weighted by atomic mass is 35.5. The Labute approximate surface area is 114 Å². The third-order valence-electron chi connectivity index (χ3n) is 2.40. The number of halogens is 2. The molecule has 1 atom stereocenters. The average Bonchev–Trinajstić information content (AvgIpc) is 2.78. The summed E-state index contributed by atoms with van der Waals surface area (Å²) in [4.78, 5) is 5.31. The van der Waals surface area contributed by atoms with E-state index in [2.05, 4.69) is 4.98 Å². The molecule has 90 valence electrons. The Hall–Kier alpha value is -0.610. The van der Waals surface area contributed by atoms with Crippen LogP contribution >= 0.6 is 34.5 Å².